The van der Waals surface area contributed by atoms with E-state index in [1.54, 1.807) is 11.3 Å². The first-order valence-electron chi connectivity index (χ1n) is 5.87. The van der Waals surface area contributed by atoms with Crippen LogP contribution in [0.25, 0.3) is 0 Å². The van der Waals surface area contributed by atoms with E-state index in [0.29, 0.717) is 18.9 Å². The average molecular weight is 255 g/mol. The lowest BCUT2D eigenvalue weighted by Crippen LogP contribution is -2.27. The number of amides is 1. The summed E-state index contributed by atoms with van der Waals surface area (Å²) in [6.07, 6.45) is 2.34. The second-order valence-corrected chi connectivity index (χ2v) is 5.51. The molecule has 6 heteroatoms. The summed E-state index contributed by atoms with van der Waals surface area (Å²) in [4.78, 5) is 11.6. The standard InChI is InChI=1S/C11H17N3O2S/c1-8-13-14-11(17-8)2-4-12-10(15)6-9-3-5-16-7-9/h9H,2-7H2,1H3,(H,12,15)/t9-/m0/s1. The number of rotatable bonds is 5. The van der Waals surface area contributed by atoms with Gasteiger partial charge in [0.15, 0.2) is 0 Å². The van der Waals surface area contributed by atoms with Crippen molar-refractivity contribution in [2.75, 3.05) is 19.8 Å². The van der Waals surface area contributed by atoms with Crippen molar-refractivity contribution in [3.63, 3.8) is 0 Å². The summed E-state index contributed by atoms with van der Waals surface area (Å²) in [5, 5.41) is 12.8. The Bertz CT molecular complexity index is 375. The van der Waals surface area contributed by atoms with Gasteiger partial charge in [-0.3, -0.25) is 4.79 Å². The zero-order valence-electron chi connectivity index (χ0n) is 9.94. The molecule has 1 aromatic rings. The van der Waals surface area contributed by atoms with Gasteiger partial charge in [-0.15, -0.1) is 21.5 Å². The van der Waals surface area contributed by atoms with E-state index >= 15 is 0 Å². The van der Waals surface area contributed by atoms with Crippen LogP contribution in [0.3, 0.4) is 0 Å². The third kappa shape index (κ3) is 4.05. The largest absolute Gasteiger partial charge is 0.381 e. The Morgan fingerprint density at radius 1 is 1.59 bits per heavy atom. The molecule has 0 bridgehead atoms. The number of nitrogens with zero attached hydrogens (tertiary/aromatic N) is 2. The second kappa shape index (κ2) is 6.07. The number of ether oxygens (including phenoxy) is 1. The molecule has 1 N–H and O–H groups in total. The molecule has 1 amide bonds. The Morgan fingerprint density at radius 2 is 2.47 bits per heavy atom. The van der Waals surface area contributed by atoms with E-state index in [9.17, 15) is 4.79 Å². The van der Waals surface area contributed by atoms with Crippen LogP contribution in [0, 0.1) is 12.8 Å². The molecule has 0 saturated carbocycles. The van der Waals surface area contributed by atoms with Crippen molar-refractivity contribution in [2.24, 2.45) is 5.92 Å². The lowest BCUT2D eigenvalue weighted by molar-refractivity contribution is -0.122. The van der Waals surface area contributed by atoms with Gasteiger partial charge in [-0.05, 0) is 19.3 Å². The van der Waals surface area contributed by atoms with Crippen molar-refractivity contribution in [1.82, 2.24) is 15.5 Å². The molecular weight excluding hydrogens is 238 g/mol. The van der Waals surface area contributed by atoms with Gasteiger partial charge in [-0.1, -0.05) is 0 Å². The zero-order valence-corrected chi connectivity index (χ0v) is 10.8. The number of hydrogen-bond donors (Lipinski definition) is 1. The summed E-state index contributed by atoms with van der Waals surface area (Å²) < 4.78 is 5.24. The van der Waals surface area contributed by atoms with E-state index < -0.39 is 0 Å². The number of nitrogens with one attached hydrogen (secondary N) is 1. The molecule has 0 aliphatic carbocycles. The molecule has 1 atom stereocenters. The molecule has 2 heterocycles. The van der Waals surface area contributed by atoms with E-state index in [1.807, 2.05) is 6.92 Å². The predicted octanol–water partition coefficient (Wildman–Crippen LogP) is 0.932. The summed E-state index contributed by atoms with van der Waals surface area (Å²) in [6, 6.07) is 0. The van der Waals surface area contributed by atoms with Crippen LogP contribution in [-0.4, -0.2) is 35.9 Å². The van der Waals surface area contributed by atoms with Crippen molar-refractivity contribution in [2.45, 2.75) is 26.2 Å². The third-order valence-corrected chi connectivity index (χ3v) is 3.63. The molecule has 0 aromatic carbocycles. The van der Waals surface area contributed by atoms with Gasteiger partial charge in [0.25, 0.3) is 0 Å². The molecule has 1 fully saturated rings. The Hall–Kier alpha value is -1.01. The van der Waals surface area contributed by atoms with Gasteiger partial charge in [0.2, 0.25) is 5.91 Å². The molecule has 94 valence electrons. The maximum atomic E-state index is 11.6. The number of hydrogen-bond acceptors (Lipinski definition) is 5. The second-order valence-electron chi connectivity index (χ2n) is 4.25. The number of carbonyl (C=O) groups is 1. The van der Waals surface area contributed by atoms with Crippen molar-refractivity contribution in [3.8, 4) is 0 Å². The molecule has 0 unspecified atom stereocenters. The highest BCUT2D eigenvalue weighted by Gasteiger charge is 2.18. The van der Waals surface area contributed by atoms with Gasteiger partial charge in [0.05, 0.1) is 0 Å². The van der Waals surface area contributed by atoms with E-state index in [0.717, 1.165) is 36.1 Å². The molecule has 1 aliphatic rings. The minimum Gasteiger partial charge on any atom is -0.381 e. The fourth-order valence-corrected chi connectivity index (χ4v) is 2.53. The van der Waals surface area contributed by atoms with E-state index in [-0.39, 0.29) is 5.91 Å². The minimum absolute atomic E-state index is 0.113. The number of aromatic nitrogens is 2. The molecule has 0 radical (unpaired) electrons. The Labute approximate surface area is 105 Å². The highest BCUT2D eigenvalue weighted by atomic mass is 32.1. The Morgan fingerprint density at radius 3 is 3.12 bits per heavy atom. The molecule has 1 saturated heterocycles. The maximum absolute atomic E-state index is 11.6. The average Bonchev–Trinajstić information content (AvgIpc) is 2.90. The number of carbonyl (C=O) groups excluding carboxylic acids is 1. The molecule has 17 heavy (non-hydrogen) atoms. The number of aryl methyl sites for hydroxylation is 1. The van der Waals surface area contributed by atoms with Crippen molar-refractivity contribution < 1.29 is 9.53 Å². The van der Waals surface area contributed by atoms with Crippen LogP contribution in [0.15, 0.2) is 0 Å². The van der Waals surface area contributed by atoms with E-state index in [2.05, 4.69) is 15.5 Å². The van der Waals surface area contributed by atoms with Gasteiger partial charge in [0.1, 0.15) is 10.0 Å². The van der Waals surface area contributed by atoms with Crippen LogP contribution in [0.2, 0.25) is 0 Å². The zero-order chi connectivity index (χ0) is 12.1. The van der Waals surface area contributed by atoms with Crippen molar-refractivity contribution >= 4 is 17.2 Å². The quantitative estimate of drug-likeness (QED) is 0.850. The van der Waals surface area contributed by atoms with Gasteiger partial charge < -0.3 is 10.1 Å². The fourth-order valence-electron chi connectivity index (χ4n) is 1.83. The van der Waals surface area contributed by atoms with Crippen molar-refractivity contribution in [1.29, 1.82) is 0 Å². The van der Waals surface area contributed by atoms with Gasteiger partial charge in [0, 0.05) is 32.6 Å². The van der Waals surface area contributed by atoms with E-state index in [1.165, 1.54) is 0 Å². The summed E-state index contributed by atoms with van der Waals surface area (Å²) in [5.41, 5.74) is 0. The maximum Gasteiger partial charge on any atom is 0.220 e. The topological polar surface area (TPSA) is 64.1 Å². The minimum atomic E-state index is 0.113. The molecule has 1 aliphatic heterocycles. The highest BCUT2D eigenvalue weighted by Crippen LogP contribution is 2.15. The van der Waals surface area contributed by atoms with Gasteiger partial charge in [-0.2, -0.15) is 0 Å². The summed E-state index contributed by atoms with van der Waals surface area (Å²) >= 11 is 1.58. The van der Waals surface area contributed by atoms with Crippen LogP contribution in [0.5, 0.6) is 0 Å². The Kier molecular flexibility index (Phi) is 4.44. The van der Waals surface area contributed by atoms with Crippen LogP contribution in [0.1, 0.15) is 22.9 Å². The summed E-state index contributed by atoms with van der Waals surface area (Å²) in [7, 11) is 0. The molecular formula is C11H17N3O2S. The summed E-state index contributed by atoms with van der Waals surface area (Å²) in [5.74, 6) is 0.514. The first-order chi connectivity index (χ1) is 8.24. The monoisotopic (exact) mass is 255 g/mol. The third-order valence-electron chi connectivity index (χ3n) is 2.73. The summed E-state index contributed by atoms with van der Waals surface area (Å²) in [6.45, 7) is 4.09. The van der Waals surface area contributed by atoms with Crippen molar-refractivity contribution in [3.05, 3.63) is 10.0 Å². The molecule has 1 aromatic heterocycles. The lowest BCUT2D eigenvalue weighted by Gasteiger charge is -2.07. The van der Waals surface area contributed by atoms with Crippen LogP contribution >= 0.6 is 11.3 Å². The van der Waals surface area contributed by atoms with E-state index in [4.69, 9.17) is 4.74 Å². The lowest BCUT2D eigenvalue weighted by atomic mass is 10.1. The normalized spacial score (nSPS) is 19.5. The van der Waals surface area contributed by atoms with Crippen LogP contribution in [0.4, 0.5) is 0 Å². The molecule has 5 nitrogen and oxygen atoms in total. The molecule has 2 rings (SSSR count). The first kappa shape index (κ1) is 12.4. The van der Waals surface area contributed by atoms with Gasteiger partial charge in [-0.25, -0.2) is 0 Å². The smallest absolute Gasteiger partial charge is 0.220 e. The SMILES string of the molecule is Cc1nnc(CCNC(=O)C[C@@H]2CCOC2)s1. The van der Waals surface area contributed by atoms with Crippen LogP contribution in [-0.2, 0) is 16.0 Å². The highest BCUT2D eigenvalue weighted by molar-refractivity contribution is 7.11. The first-order valence-corrected chi connectivity index (χ1v) is 6.69. The fraction of sp³-hybridized carbons (Fsp3) is 0.727. The molecule has 0 spiro atoms. The van der Waals surface area contributed by atoms with Gasteiger partial charge >= 0.3 is 0 Å². The van der Waals surface area contributed by atoms with Crippen LogP contribution < -0.4 is 5.32 Å². The predicted molar refractivity (Wildman–Crippen MR) is 64.9 cm³/mol. The Balaban J connectivity index is 1.62.